The summed E-state index contributed by atoms with van der Waals surface area (Å²) < 4.78 is 0. The number of carbonyl (C=O) groups is 1. The van der Waals surface area contributed by atoms with E-state index in [2.05, 4.69) is 13.8 Å². The van der Waals surface area contributed by atoms with Gasteiger partial charge in [-0.25, -0.2) is 0 Å². The summed E-state index contributed by atoms with van der Waals surface area (Å²) in [6.45, 7) is 4.49. The molecule has 0 radical (unpaired) electrons. The van der Waals surface area contributed by atoms with Gasteiger partial charge in [-0.2, -0.15) is 0 Å². The molecular formula is C10H20N2O. The van der Waals surface area contributed by atoms with Crippen LogP contribution in [0.1, 0.15) is 33.1 Å². The molecule has 0 aromatic rings. The second-order valence-electron chi connectivity index (χ2n) is 4.46. The summed E-state index contributed by atoms with van der Waals surface area (Å²) in [5, 5.41) is 0. The van der Waals surface area contributed by atoms with Crippen LogP contribution >= 0.6 is 0 Å². The molecule has 0 aliphatic heterocycles. The van der Waals surface area contributed by atoms with Crippen LogP contribution in [0.2, 0.25) is 0 Å². The SMILES string of the molecule is CC1CCC(C(N)C(N)=O)CC1C. The van der Waals surface area contributed by atoms with Crippen molar-refractivity contribution in [2.24, 2.45) is 29.2 Å². The highest BCUT2D eigenvalue weighted by Crippen LogP contribution is 2.34. The third kappa shape index (κ3) is 2.44. The van der Waals surface area contributed by atoms with Gasteiger partial charge >= 0.3 is 0 Å². The van der Waals surface area contributed by atoms with E-state index in [0.29, 0.717) is 11.8 Å². The van der Waals surface area contributed by atoms with Crippen molar-refractivity contribution in [2.45, 2.75) is 39.2 Å². The molecule has 1 saturated carbocycles. The first-order valence-corrected chi connectivity index (χ1v) is 5.07. The monoisotopic (exact) mass is 184 g/mol. The molecule has 0 heterocycles. The highest BCUT2D eigenvalue weighted by atomic mass is 16.1. The zero-order chi connectivity index (χ0) is 10.0. The van der Waals surface area contributed by atoms with Crippen LogP contribution in [0, 0.1) is 17.8 Å². The van der Waals surface area contributed by atoms with Gasteiger partial charge in [-0.3, -0.25) is 4.79 Å². The first-order valence-electron chi connectivity index (χ1n) is 5.07. The second kappa shape index (κ2) is 4.09. The molecule has 1 rings (SSSR count). The maximum atomic E-state index is 10.9. The fraction of sp³-hybridized carbons (Fsp3) is 0.900. The van der Waals surface area contributed by atoms with Crippen LogP contribution in [0.25, 0.3) is 0 Å². The van der Waals surface area contributed by atoms with Crippen molar-refractivity contribution in [1.29, 1.82) is 0 Å². The van der Waals surface area contributed by atoms with Gasteiger partial charge in [0.1, 0.15) is 0 Å². The Bertz CT molecular complexity index is 193. The molecule has 0 aromatic heterocycles. The average Bonchev–Trinajstić information content (AvgIpc) is 2.08. The zero-order valence-corrected chi connectivity index (χ0v) is 8.49. The molecule has 76 valence electrons. The van der Waals surface area contributed by atoms with Crippen LogP contribution in [0.4, 0.5) is 0 Å². The minimum Gasteiger partial charge on any atom is -0.368 e. The lowest BCUT2D eigenvalue weighted by Crippen LogP contribution is -2.44. The van der Waals surface area contributed by atoms with E-state index in [1.165, 1.54) is 6.42 Å². The summed E-state index contributed by atoms with van der Waals surface area (Å²) in [6, 6.07) is -0.435. The zero-order valence-electron chi connectivity index (χ0n) is 8.49. The summed E-state index contributed by atoms with van der Waals surface area (Å²) in [7, 11) is 0. The molecule has 0 spiro atoms. The van der Waals surface area contributed by atoms with Crippen molar-refractivity contribution in [1.82, 2.24) is 0 Å². The van der Waals surface area contributed by atoms with E-state index in [1.54, 1.807) is 0 Å². The van der Waals surface area contributed by atoms with Gasteiger partial charge in [-0.1, -0.05) is 20.3 Å². The van der Waals surface area contributed by atoms with Crippen molar-refractivity contribution in [3.05, 3.63) is 0 Å². The maximum absolute atomic E-state index is 10.9. The molecule has 4 N–H and O–H groups in total. The van der Waals surface area contributed by atoms with E-state index in [9.17, 15) is 4.79 Å². The molecule has 3 nitrogen and oxygen atoms in total. The molecule has 13 heavy (non-hydrogen) atoms. The molecule has 1 aliphatic rings. The Labute approximate surface area is 79.9 Å². The normalized spacial score (nSPS) is 37.0. The second-order valence-corrected chi connectivity index (χ2v) is 4.46. The lowest BCUT2D eigenvalue weighted by Gasteiger charge is -2.34. The first kappa shape index (κ1) is 10.5. The van der Waals surface area contributed by atoms with Crippen molar-refractivity contribution < 1.29 is 4.79 Å². The standard InChI is InChI=1S/C10H20N2O/c1-6-3-4-8(5-7(6)2)9(11)10(12)13/h6-9H,3-5,11H2,1-2H3,(H2,12,13). The van der Waals surface area contributed by atoms with E-state index in [1.807, 2.05) is 0 Å². The number of nitrogens with two attached hydrogens (primary N) is 2. The topological polar surface area (TPSA) is 69.1 Å². The highest BCUT2D eigenvalue weighted by Gasteiger charge is 2.30. The number of carbonyl (C=O) groups excluding carboxylic acids is 1. The van der Waals surface area contributed by atoms with Gasteiger partial charge in [0.25, 0.3) is 0 Å². The minimum atomic E-state index is -0.435. The maximum Gasteiger partial charge on any atom is 0.234 e. The Balaban J connectivity index is 2.50. The lowest BCUT2D eigenvalue weighted by molar-refractivity contribution is -0.120. The predicted molar refractivity (Wildman–Crippen MR) is 52.8 cm³/mol. The summed E-state index contributed by atoms with van der Waals surface area (Å²) in [6.07, 6.45) is 3.27. The van der Waals surface area contributed by atoms with Crippen LogP contribution < -0.4 is 11.5 Å². The Hall–Kier alpha value is -0.570. The largest absolute Gasteiger partial charge is 0.368 e. The molecule has 1 amide bonds. The van der Waals surface area contributed by atoms with E-state index < -0.39 is 6.04 Å². The first-order chi connectivity index (χ1) is 6.02. The van der Waals surface area contributed by atoms with E-state index in [4.69, 9.17) is 11.5 Å². The lowest BCUT2D eigenvalue weighted by atomic mass is 9.73. The Morgan fingerprint density at radius 2 is 1.92 bits per heavy atom. The van der Waals surface area contributed by atoms with Crippen molar-refractivity contribution in [3.63, 3.8) is 0 Å². The molecule has 0 bridgehead atoms. The van der Waals surface area contributed by atoms with Crippen LogP contribution in [-0.2, 0) is 4.79 Å². The van der Waals surface area contributed by atoms with Gasteiger partial charge in [0.05, 0.1) is 6.04 Å². The van der Waals surface area contributed by atoms with Crippen LogP contribution in [0.3, 0.4) is 0 Å². The quantitative estimate of drug-likeness (QED) is 0.668. The summed E-state index contributed by atoms with van der Waals surface area (Å²) in [4.78, 5) is 10.9. The number of rotatable bonds is 2. The minimum absolute atomic E-state index is 0.309. The summed E-state index contributed by atoms with van der Waals surface area (Å²) >= 11 is 0. The third-order valence-electron chi connectivity index (χ3n) is 3.48. The van der Waals surface area contributed by atoms with E-state index >= 15 is 0 Å². The van der Waals surface area contributed by atoms with Crippen LogP contribution in [-0.4, -0.2) is 11.9 Å². The van der Waals surface area contributed by atoms with Gasteiger partial charge in [0.2, 0.25) is 5.91 Å². The fourth-order valence-corrected chi connectivity index (χ4v) is 2.15. The van der Waals surface area contributed by atoms with Gasteiger partial charge < -0.3 is 11.5 Å². The molecular weight excluding hydrogens is 164 g/mol. The summed E-state index contributed by atoms with van der Waals surface area (Å²) in [5.41, 5.74) is 10.9. The summed E-state index contributed by atoms with van der Waals surface area (Å²) in [5.74, 6) is 1.39. The fourth-order valence-electron chi connectivity index (χ4n) is 2.15. The van der Waals surface area contributed by atoms with E-state index in [-0.39, 0.29) is 5.91 Å². The van der Waals surface area contributed by atoms with E-state index in [0.717, 1.165) is 18.8 Å². The molecule has 1 aliphatic carbocycles. The third-order valence-corrected chi connectivity index (χ3v) is 3.48. The molecule has 4 atom stereocenters. The van der Waals surface area contributed by atoms with Gasteiger partial charge in [-0.05, 0) is 30.6 Å². The molecule has 4 unspecified atom stereocenters. The Kier molecular flexibility index (Phi) is 3.31. The predicted octanol–water partition coefficient (Wildman–Crippen LogP) is 0.871. The van der Waals surface area contributed by atoms with Crippen molar-refractivity contribution in [2.75, 3.05) is 0 Å². The Morgan fingerprint density at radius 1 is 1.31 bits per heavy atom. The number of hydrogen-bond donors (Lipinski definition) is 2. The average molecular weight is 184 g/mol. The van der Waals surface area contributed by atoms with Crippen LogP contribution in [0.15, 0.2) is 0 Å². The molecule has 3 heteroatoms. The molecule has 0 saturated heterocycles. The Morgan fingerprint density at radius 3 is 2.38 bits per heavy atom. The van der Waals surface area contributed by atoms with Gasteiger partial charge in [-0.15, -0.1) is 0 Å². The molecule has 0 aromatic carbocycles. The number of amides is 1. The highest BCUT2D eigenvalue weighted by molar-refractivity contribution is 5.79. The smallest absolute Gasteiger partial charge is 0.234 e. The van der Waals surface area contributed by atoms with Crippen LogP contribution in [0.5, 0.6) is 0 Å². The van der Waals surface area contributed by atoms with Crippen molar-refractivity contribution >= 4 is 5.91 Å². The van der Waals surface area contributed by atoms with Gasteiger partial charge in [0.15, 0.2) is 0 Å². The molecule has 1 fully saturated rings. The number of primary amides is 1. The number of hydrogen-bond acceptors (Lipinski definition) is 2. The van der Waals surface area contributed by atoms with Crippen molar-refractivity contribution in [3.8, 4) is 0 Å². The van der Waals surface area contributed by atoms with Gasteiger partial charge in [0, 0.05) is 0 Å².